The molecular weight excluding hydrogens is 731 g/mol. The normalized spacial score (nSPS) is 10.9. The molecule has 0 atom stereocenters. The number of pyridine rings is 2. The molecule has 296 valence electrons. The molecule has 5 N–H and O–H groups in total. The molecule has 0 aromatic carbocycles. The molecule has 0 bridgehead atoms. The number of carboxylic acid groups (broad SMARTS) is 1. The van der Waals surface area contributed by atoms with Gasteiger partial charge in [-0.3, -0.25) is 4.79 Å². The number of nitriles is 2. The second kappa shape index (κ2) is 18.4. The smallest absolute Gasteiger partial charge is 0.341 e. The average Bonchev–Trinajstić information content (AvgIpc) is 3.83. The summed E-state index contributed by atoms with van der Waals surface area (Å²) in [6.07, 6.45) is 7.57. The van der Waals surface area contributed by atoms with Crippen LogP contribution in [0, 0.1) is 28.1 Å². The van der Waals surface area contributed by atoms with Gasteiger partial charge < -0.3 is 30.9 Å². The topological polar surface area (TPSA) is 257 Å². The standard InChI is InChI=1S/C20H22N6O2.C15H15N5O3.C4H8N2/c1-5-13-9-17(24-15-7-6-8-22-19(15)28-4)25-18-14(11-23-26(13)18)16(27)10-20(2,3)12-21;1-3-9-7-12(18-11-5-4-6-16-14(11)23-2)19-13-10(15(21)22)8-17-20(9)13;1-4(2,6)3-5/h6-9,11H,5,10H2,1-4H3,(H,24,25);4-8H,3H2,1-2H3,(H,18,19)(H,21,22);6H2,1-2H3. The summed E-state index contributed by atoms with van der Waals surface area (Å²) in [5.41, 5.74) is 8.03. The molecule has 0 fully saturated rings. The molecule has 0 saturated heterocycles. The Hall–Kier alpha value is -7.18. The number of hydrogen-bond acceptors (Lipinski definition) is 15. The Bertz CT molecular complexity index is 2450. The van der Waals surface area contributed by atoms with Crippen molar-refractivity contribution in [2.24, 2.45) is 11.1 Å². The summed E-state index contributed by atoms with van der Waals surface area (Å²) in [4.78, 5) is 41.3. The van der Waals surface area contributed by atoms with Crippen LogP contribution >= 0.6 is 0 Å². The van der Waals surface area contributed by atoms with Gasteiger partial charge >= 0.3 is 5.97 Å². The molecule has 0 spiro atoms. The zero-order valence-electron chi connectivity index (χ0n) is 33.0. The molecule has 0 aliphatic carbocycles. The maximum absolute atomic E-state index is 12.8. The minimum absolute atomic E-state index is 0.0569. The molecule has 6 heterocycles. The van der Waals surface area contributed by atoms with Crippen molar-refractivity contribution in [3.05, 3.63) is 83.7 Å². The Morgan fingerprint density at radius 1 is 0.807 bits per heavy atom. The number of aromatic carboxylic acids is 1. The van der Waals surface area contributed by atoms with Crippen molar-refractivity contribution in [2.75, 3.05) is 24.9 Å². The number of methoxy groups -OCH3 is 2. The summed E-state index contributed by atoms with van der Waals surface area (Å²) in [5.74, 6) is 0.716. The number of ether oxygens (including phenoxy) is 2. The molecule has 0 radical (unpaired) electrons. The summed E-state index contributed by atoms with van der Waals surface area (Å²) < 4.78 is 13.7. The van der Waals surface area contributed by atoms with Gasteiger partial charge in [-0.2, -0.15) is 20.7 Å². The summed E-state index contributed by atoms with van der Waals surface area (Å²) in [6.45, 7) is 10.8. The molecule has 0 amide bonds. The zero-order chi connectivity index (χ0) is 41.9. The summed E-state index contributed by atoms with van der Waals surface area (Å²) >= 11 is 0. The number of carbonyl (C=O) groups excluding carboxylic acids is 1. The van der Waals surface area contributed by atoms with Crippen molar-refractivity contribution in [1.29, 1.82) is 10.5 Å². The van der Waals surface area contributed by atoms with E-state index in [1.54, 1.807) is 69.9 Å². The molecule has 18 heteroatoms. The number of carboxylic acids is 1. The van der Waals surface area contributed by atoms with Crippen LogP contribution in [-0.4, -0.2) is 75.8 Å². The lowest BCUT2D eigenvalue weighted by atomic mass is 9.88. The summed E-state index contributed by atoms with van der Waals surface area (Å²) in [5, 5.41) is 41.3. The van der Waals surface area contributed by atoms with E-state index in [1.807, 2.05) is 38.1 Å². The minimum atomic E-state index is -1.06. The van der Waals surface area contributed by atoms with E-state index in [0.717, 1.165) is 11.4 Å². The van der Waals surface area contributed by atoms with Crippen molar-refractivity contribution >= 4 is 46.1 Å². The van der Waals surface area contributed by atoms with E-state index < -0.39 is 16.9 Å². The van der Waals surface area contributed by atoms with Crippen LogP contribution in [0.3, 0.4) is 0 Å². The van der Waals surface area contributed by atoms with E-state index in [-0.39, 0.29) is 17.8 Å². The van der Waals surface area contributed by atoms with Crippen molar-refractivity contribution in [2.45, 2.75) is 66.3 Å². The summed E-state index contributed by atoms with van der Waals surface area (Å²) in [6, 6.07) is 14.9. The van der Waals surface area contributed by atoms with E-state index in [2.05, 4.69) is 46.8 Å². The van der Waals surface area contributed by atoms with Crippen molar-refractivity contribution in [3.63, 3.8) is 0 Å². The molecule has 6 aromatic rings. The van der Waals surface area contributed by atoms with Crippen LogP contribution in [0.4, 0.5) is 23.0 Å². The Morgan fingerprint density at radius 3 is 1.63 bits per heavy atom. The maximum atomic E-state index is 12.8. The Labute approximate surface area is 329 Å². The van der Waals surface area contributed by atoms with Crippen LogP contribution < -0.4 is 25.8 Å². The van der Waals surface area contributed by atoms with Gasteiger partial charge in [0.2, 0.25) is 11.8 Å². The monoisotopic (exact) mass is 775 g/mol. The predicted octanol–water partition coefficient (Wildman–Crippen LogP) is 5.95. The molecular formula is C39H45N13O5. The highest BCUT2D eigenvalue weighted by molar-refractivity contribution is 6.02. The third kappa shape index (κ3) is 10.7. The molecule has 0 saturated carbocycles. The van der Waals surface area contributed by atoms with Gasteiger partial charge in [0.1, 0.15) is 28.6 Å². The third-order valence-electron chi connectivity index (χ3n) is 7.99. The van der Waals surface area contributed by atoms with Crippen LogP contribution in [0.1, 0.15) is 80.1 Å². The first kappa shape index (κ1) is 42.6. The highest BCUT2D eigenvalue weighted by Gasteiger charge is 2.25. The Balaban J connectivity index is 0.000000224. The molecule has 0 aliphatic heterocycles. The minimum Gasteiger partial charge on any atom is -0.480 e. The van der Waals surface area contributed by atoms with Gasteiger partial charge in [0.15, 0.2) is 17.1 Å². The number of nitrogens with two attached hydrogens (primary N) is 1. The number of nitrogens with one attached hydrogen (secondary N) is 2. The van der Waals surface area contributed by atoms with Gasteiger partial charge in [-0.05, 0) is 64.8 Å². The third-order valence-corrected chi connectivity index (χ3v) is 7.99. The van der Waals surface area contributed by atoms with E-state index in [0.29, 0.717) is 64.5 Å². The number of aryl methyl sites for hydroxylation is 2. The van der Waals surface area contributed by atoms with Crippen molar-refractivity contribution < 1.29 is 24.2 Å². The Kier molecular flexibility index (Phi) is 13.8. The second-order valence-corrected chi connectivity index (χ2v) is 13.7. The number of hydrogen-bond donors (Lipinski definition) is 4. The second-order valence-electron chi connectivity index (χ2n) is 13.7. The van der Waals surface area contributed by atoms with Crippen molar-refractivity contribution in [1.82, 2.24) is 39.2 Å². The first-order valence-corrected chi connectivity index (χ1v) is 17.7. The number of rotatable bonds is 12. The molecule has 57 heavy (non-hydrogen) atoms. The molecule has 6 rings (SSSR count). The molecule has 18 nitrogen and oxygen atoms in total. The van der Waals surface area contributed by atoms with Gasteiger partial charge in [0, 0.05) is 42.3 Å². The van der Waals surface area contributed by atoms with Crippen molar-refractivity contribution in [3.8, 4) is 23.9 Å². The fourth-order valence-electron chi connectivity index (χ4n) is 5.14. The van der Waals surface area contributed by atoms with Gasteiger partial charge in [0.05, 0.1) is 55.3 Å². The largest absolute Gasteiger partial charge is 0.480 e. The fourth-order valence-corrected chi connectivity index (χ4v) is 5.14. The van der Waals surface area contributed by atoms with Crippen LogP contribution in [0.2, 0.25) is 0 Å². The zero-order valence-corrected chi connectivity index (χ0v) is 33.0. The van der Waals surface area contributed by atoms with Gasteiger partial charge in [-0.25, -0.2) is 33.8 Å². The van der Waals surface area contributed by atoms with Crippen LogP contribution in [0.5, 0.6) is 11.8 Å². The number of nitrogens with zero attached hydrogens (tertiary/aromatic N) is 10. The van der Waals surface area contributed by atoms with Crippen LogP contribution in [0.15, 0.2) is 61.2 Å². The number of Topliss-reactive ketones (excluding diaryl/α,β-unsaturated/α-hetero) is 1. The lowest BCUT2D eigenvalue weighted by Gasteiger charge is -2.13. The number of anilines is 4. The quantitative estimate of drug-likeness (QED) is 0.105. The lowest BCUT2D eigenvalue weighted by Crippen LogP contribution is -2.28. The maximum Gasteiger partial charge on any atom is 0.341 e. The summed E-state index contributed by atoms with van der Waals surface area (Å²) in [7, 11) is 3.08. The molecule has 0 aliphatic rings. The predicted molar refractivity (Wildman–Crippen MR) is 212 cm³/mol. The van der Waals surface area contributed by atoms with Gasteiger partial charge in [0.25, 0.3) is 0 Å². The van der Waals surface area contributed by atoms with E-state index >= 15 is 0 Å². The number of ketones is 1. The van der Waals surface area contributed by atoms with E-state index in [4.69, 9.17) is 20.5 Å². The van der Waals surface area contributed by atoms with Gasteiger partial charge in [-0.15, -0.1) is 0 Å². The fraction of sp³-hybridized carbons (Fsp3) is 0.333. The van der Waals surface area contributed by atoms with E-state index in [9.17, 15) is 20.0 Å². The first-order valence-electron chi connectivity index (χ1n) is 17.7. The lowest BCUT2D eigenvalue weighted by molar-refractivity contribution is 0.0698. The van der Waals surface area contributed by atoms with E-state index in [1.165, 1.54) is 24.0 Å². The molecule has 0 unspecified atom stereocenters. The highest BCUT2D eigenvalue weighted by Crippen LogP contribution is 2.28. The highest BCUT2D eigenvalue weighted by atomic mass is 16.5. The molecule has 6 aromatic heterocycles. The number of aromatic nitrogens is 8. The number of fused-ring (bicyclic) bond motifs is 2. The van der Waals surface area contributed by atoms with Crippen LogP contribution in [0.25, 0.3) is 11.3 Å². The number of carbonyl (C=O) groups is 2. The van der Waals surface area contributed by atoms with Gasteiger partial charge in [-0.1, -0.05) is 13.8 Å². The Morgan fingerprint density at radius 2 is 1.25 bits per heavy atom. The average molecular weight is 776 g/mol. The van der Waals surface area contributed by atoms with Crippen LogP contribution in [-0.2, 0) is 12.8 Å². The SMILES string of the molecule is CC(C)(N)C#N.CCc1cc(Nc2cccnc2OC)nc2c(C(=O)CC(C)(C)C#N)cnn12.CCc1cc(Nc2cccnc2OC)nc2c(C(=O)O)cnn12. The first-order chi connectivity index (χ1) is 27.1.